The van der Waals surface area contributed by atoms with Crippen LogP contribution in [0.3, 0.4) is 0 Å². The SMILES string of the molecule is COC(=O)C(C(=O)OC)=P(C(C)C)(C(C)C)[Si](C)(C)C. The maximum absolute atomic E-state index is 12.3. The molecule has 0 saturated carbocycles. The predicted molar refractivity (Wildman–Crippen MR) is 89.6 cm³/mol. The van der Waals surface area contributed by atoms with E-state index in [1.807, 2.05) is 0 Å². The van der Waals surface area contributed by atoms with Crippen LogP contribution in [0.4, 0.5) is 0 Å². The fourth-order valence-electron chi connectivity index (χ4n) is 3.58. The van der Waals surface area contributed by atoms with Crippen molar-refractivity contribution in [3.63, 3.8) is 0 Å². The molecule has 0 rings (SSSR count). The Balaban J connectivity index is 6.92. The summed E-state index contributed by atoms with van der Waals surface area (Å²) in [6.45, 7) is 15.1. The first-order chi connectivity index (χ1) is 8.98. The molecule has 0 radical (unpaired) electrons. The molecule has 6 heteroatoms. The summed E-state index contributed by atoms with van der Waals surface area (Å²) in [7, 11) is 0.837. The highest BCUT2D eigenvalue weighted by Crippen LogP contribution is 2.65. The summed E-state index contributed by atoms with van der Waals surface area (Å²) in [6, 6.07) is 0. The molecule has 20 heavy (non-hydrogen) atoms. The topological polar surface area (TPSA) is 52.6 Å². The summed E-state index contributed by atoms with van der Waals surface area (Å²) in [4.78, 5) is 24.6. The van der Waals surface area contributed by atoms with E-state index in [2.05, 4.69) is 47.3 Å². The van der Waals surface area contributed by atoms with Gasteiger partial charge in [-0.2, -0.15) is 0 Å². The Morgan fingerprint density at radius 2 is 1.15 bits per heavy atom. The quantitative estimate of drug-likeness (QED) is 0.338. The average Bonchev–Trinajstić information content (AvgIpc) is 2.31. The van der Waals surface area contributed by atoms with E-state index >= 15 is 0 Å². The number of ether oxygens (including phenoxy) is 2. The van der Waals surface area contributed by atoms with Crippen LogP contribution in [0.25, 0.3) is 0 Å². The van der Waals surface area contributed by atoms with Crippen LogP contribution >= 0.6 is 6.43 Å². The molecule has 0 aliphatic rings. The van der Waals surface area contributed by atoms with E-state index in [9.17, 15) is 9.59 Å². The lowest BCUT2D eigenvalue weighted by molar-refractivity contribution is -0.137. The zero-order valence-corrected chi connectivity index (χ0v) is 16.1. The molecule has 0 amide bonds. The minimum Gasteiger partial charge on any atom is -0.465 e. The second-order valence-electron chi connectivity index (χ2n) is 6.47. The van der Waals surface area contributed by atoms with Gasteiger partial charge in [-0.05, 0) is 11.3 Å². The fraction of sp³-hybridized carbons (Fsp3) is 0.786. The predicted octanol–water partition coefficient (Wildman–Crippen LogP) is 3.17. The molecule has 0 aliphatic carbocycles. The van der Waals surface area contributed by atoms with Gasteiger partial charge in [0, 0.05) is 0 Å². The van der Waals surface area contributed by atoms with Gasteiger partial charge in [-0.1, -0.05) is 53.8 Å². The van der Waals surface area contributed by atoms with Gasteiger partial charge in [-0.3, -0.25) is 0 Å². The molecule has 0 aromatic heterocycles. The maximum atomic E-state index is 12.3. The van der Waals surface area contributed by atoms with E-state index in [4.69, 9.17) is 9.47 Å². The Hall–Kier alpha value is -0.543. The summed E-state index contributed by atoms with van der Waals surface area (Å²) in [5, 5.41) is 0.284. The smallest absolute Gasteiger partial charge is 0.344 e. The molecular weight excluding hydrogens is 291 g/mol. The van der Waals surface area contributed by atoms with E-state index in [1.165, 1.54) is 14.2 Å². The van der Waals surface area contributed by atoms with Gasteiger partial charge in [0.15, 0.2) is 0 Å². The van der Waals surface area contributed by atoms with Crippen LogP contribution in [-0.2, 0) is 19.1 Å². The molecule has 0 aromatic carbocycles. The van der Waals surface area contributed by atoms with E-state index in [0.717, 1.165) is 0 Å². The van der Waals surface area contributed by atoms with Gasteiger partial charge in [-0.15, -0.1) is 0 Å². The van der Waals surface area contributed by atoms with E-state index < -0.39 is 26.1 Å². The molecule has 118 valence electrons. The van der Waals surface area contributed by atoms with Crippen LogP contribution in [0, 0.1) is 0 Å². The van der Waals surface area contributed by atoms with Crippen LogP contribution in [0.15, 0.2) is 0 Å². The van der Waals surface area contributed by atoms with Crippen molar-refractivity contribution < 1.29 is 19.1 Å². The van der Waals surface area contributed by atoms with Crippen LogP contribution in [-0.4, -0.2) is 50.5 Å². The first-order valence-corrected chi connectivity index (χ1v) is 13.2. The van der Waals surface area contributed by atoms with Crippen molar-refractivity contribution in [2.24, 2.45) is 0 Å². The third kappa shape index (κ3) is 3.20. The zero-order chi connectivity index (χ0) is 16.3. The highest BCUT2D eigenvalue weighted by atomic mass is 31.4. The van der Waals surface area contributed by atoms with Crippen LogP contribution in [0.5, 0.6) is 0 Å². The number of carbonyl (C=O) groups excluding carboxylic acids is 2. The lowest BCUT2D eigenvalue weighted by Gasteiger charge is -2.45. The number of hydrogen-bond acceptors (Lipinski definition) is 4. The molecule has 0 heterocycles. The molecular formula is C14H29O4PSi. The van der Waals surface area contributed by atoms with Gasteiger partial charge in [0.1, 0.15) is 5.29 Å². The van der Waals surface area contributed by atoms with Crippen molar-refractivity contribution in [1.29, 1.82) is 0 Å². The number of carbonyl (C=O) groups is 2. The van der Waals surface area contributed by atoms with Gasteiger partial charge in [-0.25, -0.2) is 9.59 Å². The monoisotopic (exact) mass is 320 g/mol. The van der Waals surface area contributed by atoms with Crippen molar-refractivity contribution in [2.75, 3.05) is 14.2 Å². The van der Waals surface area contributed by atoms with E-state index in [0.29, 0.717) is 0 Å². The number of rotatable bonds is 5. The summed E-state index contributed by atoms with van der Waals surface area (Å²) >= 11 is 0. The molecule has 0 unspecified atom stereocenters. The Kier molecular flexibility index (Phi) is 6.76. The third-order valence-electron chi connectivity index (χ3n) is 3.87. The summed E-state index contributed by atoms with van der Waals surface area (Å²) < 4.78 is 9.82. The standard InChI is InChI=1S/C14H29O4PSi/c1-10(2)19(11(3)4,20(7,8)9)12(13(15)17-5)14(16)18-6/h10-11H,1-9H3. The molecule has 0 saturated heterocycles. The Bertz CT molecular complexity index is 403. The van der Waals surface area contributed by atoms with Crippen LogP contribution in [0.2, 0.25) is 19.6 Å². The molecule has 0 bridgehead atoms. The average molecular weight is 320 g/mol. The largest absolute Gasteiger partial charge is 0.465 e. The molecule has 0 aliphatic heterocycles. The summed E-state index contributed by atoms with van der Waals surface area (Å²) in [5.41, 5.74) is 0.504. The van der Waals surface area contributed by atoms with Crippen LogP contribution in [0.1, 0.15) is 27.7 Å². The van der Waals surface area contributed by atoms with Crippen molar-refractivity contribution in [2.45, 2.75) is 58.7 Å². The number of methoxy groups -OCH3 is 2. The Morgan fingerprint density at radius 1 is 0.850 bits per heavy atom. The summed E-state index contributed by atoms with van der Waals surface area (Å²) in [6.07, 6.45) is -1.97. The fourth-order valence-corrected chi connectivity index (χ4v) is 22.2. The first-order valence-electron chi connectivity index (χ1n) is 6.91. The molecule has 4 nitrogen and oxygen atoms in total. The summed E-state index contributed by atoms with van der Waals surface area (Å²) in [5.74, 6) is -1.04. The Labute approximate surface area is 124 Å². The number of esters is 2. The molecule has 0 spiro atoms. The van der Waals surface area contributed by atoms with Crippen molar-refractivity contribution in [1.82, 2.24) is 0 Å². The van der Waals surface area contributed by atoms with E-state index in [-0.39, 0.29) is 16.6 Å². The minimum atomic E-state index is -1.97. The maximum Gasteiger partial charge on any atom is 0.344 e. The van der Waals surface area contributed by atoms with Gasteiger partial charge in [0.25, 0.3) is 0 Å². The molecule has 0 fully saturated rings. The third-order valence-corrected chi connectivity index (χ3v) is 20.9. The van der Waals surface area contributed by atoms with Gasteiger partial charge < -0.3 is 9.47 Å². The second-order valence-corrected chi connectivity index (χ2v) is 21.1. The van der Waals surface area contributed by atoms with Gasteiger partial charge in [0.2, 0.25) is 0 Å². The first kappa shape index (κ1) is 19.5. The lowest BCUT2D eigenvalue weighted by Crippen LogP contribution is -2.41. The second kappa shape index (κ2) is 6.95. The molecule has 0 atom stereocenters. The molecule has 0 N–H and O–H groups in total. The van der Waals surface area contributed by atoms with Gasteiger partial charge >= 0.3 is 11.9 Å². The zero-order valence-electron chi connectivity index (χ0n) is 14.2. The van der Waals surface area contributed by atoms with Crippen molar-refractivity contribution in [3.05, 3.63) is 0 Å². The lowest BCUT2D eigenvalue weighted by atomic mass is 10.4. The van der Waals surface area contributed by atoms with Crippen molar-refractivity contribution in [3.8, 4) is 0 Å². The van der Waals surface area contributed by atoms with E-state index in [1.54, 1.807) is 0 Å². The minimum absolute atomic E-state index is 0.252. The normalized spacial score (nSPS) is 12.6. The Morgan fingerprint density at radius 3 is 1.30 bits per heavy atom. The number of hydrogen-bond donors (Lipinski definition) is 0. The highest BCUT2D eigenvalue weighted by molar-refractivity contribution is 8.09. The molecule has 0 aromatic rings. The van der Waals surface area contributed by atoms with Gasteiger partial charge in [0.05, 0.1) is 22.0 Å². The van der Waals surface area contributed by atoms with Crippen LogP contribution < -0.4 is 0 Å². The van der Waals surface area contributed by atoms with Crippen molar-refractivity contribution >= 4 is 31.4 Å². The highest BCUT2D eigenvalue weighted by Gasteiger charge is 2.46.